The lowest BCUT2D eigenvalue weighted by molar-refractivity contribution is 0.0950. The zero-order valence-electron chi connectivity index (χ0n) is 21.7. The average molecular weight is 539 g/mol. The molecule has 0 aliphatic carbocycles. The van der Waals surface area contributed by atoms with Crippen molar-refractivity contribution in [3.63, 3.8) is 0 Å². The highest BCUT2D eigenvalue weighted by Gasteiger charge is 2.15. The van der Waals surface area contributed by atoms with E-state index in [-0.39, 0.29) is 22.9 Å². The lowest BCUT2D eigenvalue weighted by atomic mass is 10.0. The van der Waals surface area contributed by atoms with E-state index in [9.17, 15) is 13.2 Å². The van der Waals surface area contributed by atoms with E-state index >= 15 is 0 Å². The Kier molecular flexibility index (Phi) is 7.08. The predicted molar refractivity (Wildman–Crippen MR) is 150 cm³/mol. The molecule has 8 nitrogen and oxygen atoms in total. The lowest BCUT2D eigenvalue weighted by Gasteiger charge is -2.12. The van der Waals surface area contributed by atoms with E-state index in [1.54, 1.807) is 44.8 Å². The Morgan fingerprint density at radius 3 is 2.49 bits per heavy atom. The van der Waals surface area contributed by atoms with Crippen molar-refractivity contribution in [1.82, 2.24) is 20.3 Å². The number of aromatic nitrogens is 3. The molecule has 0 unspecified atom stereocenters. The highest BCUT2D eigenvalue weighted by Crippen LogP contribution is 2.34. The summed E-state index contributed by atoms with van der Waals surface area (Å²) in [6.07, 6.45) is 6.35. The molecule has 0 radical (unpaired) electrons. The number of carbonyl (C=O) groups excluding carboxylic acids is 1. The van der Waals surface area contributed by atoms with Crippen LogP contribution in [0.4, 0.5) is 0 Å². The standard InChI is InChI=1S/C30H26N4O4S/c1-19-4-5-22(15-29(19)39(3,36)37)30(35)33-18-24-16-27-23(17-32-24)6-8-26(34-27)25-14-21(7-9-28(25)38-2)20-10-12-31-13-11-20/h4-17H,18H2,1-3H3,(H,33,35). The third kappa shape index (κ3) is 5.63. The van der Waals surface area contributed by atoms with E-state index in [0.717, 1.165) is 39.5 Å². The van der Waals surface area contributed by atoms with Crippen molar-refractivity contribution in [2.24, 2.45) is 0 Å². The lowest BCUT2D eigenvalue weighted by Crippen LogP contribution is -2.23. The Labute approximate surface area is 226 Å². The van der Waals surface area contributed by atoms with Crippen LogP contribution in [-0.2, 0) is 16.4 Å². The number of nitrogens with zero attached hydrogens (tertiary/aromatic N) is 3. The number of ether oxygens (including phenoxy) is 1. The second kappa shape index (κ2) is 10.6. The van der Waals surface area contributed by atoms with Gasteiger partial charge in [-0.3, -0.25) is 14.8 Å². The van der Waals surface area contributed by atoms with Crippen molar-refractivity contribution < 1.29 is 17.9 Å². The van der Waals surface area contributed by atoms with Crippen LogP contribution < -0.4 is 10.1 Å². The molecule has 0 aliphatic heterocycles. The molecule has 196 valence electrons. The van der Waals surface area contributed by atoms with Crippen LogP contribution in [0.5, 0.6) is 5.75 Å². The van der Waals surface area contributed by atoms with Crippen LogP contribution in [0.3, 0.4) is 0 Å². The summed E-state index contributed by atoms with van der Waals surface area (Å²) in [5, 5.41) is 3.68. The van der Waals surface area contributed by atoms with Crippen LogP contribution in [0.15, 0.2) is 90.2 Å². The second-order valence-electron chi connectivity index (χ2n) is 9.15. The van der Waals surface area contributed by atoms with Gasteiger partial charge < -0.3 is 10.1 Å². The molecule has 39 heavy (non-hydrogen) atoms. The number of carbonyl (C=O) groups is 1. The summed E-state index contributed by atoms with van der Waals surface area (Å²) < 4.78 is 29.7. The maximum Gasteiger partial charge on any atom is 0.251 e. The molecular weight excluding hydrogens is 512 g/mol. The van der Waals surface area contributed by atoms with Gasteiger partial charge in [-0.05, 0) is 78.2 Å². The fraction of sp³-hybridized carbons (Fsp3) is 0.133. The van der Waals surface area contributed by atoms with Gasteiger partial charge in [-0.1, -0.05) is 12.1 Å². The van der Waals surface area contributed by atoms with Crippen molar-refractivity contribution in [3.05, 3.63) is 102 Å². The van der Waals surface area contributed by atoms with E-state index in [4.69, 9.17) is 9.72 Å². The van der Waals surface area contributed by atoms with Gasteiger partial charge in [-0.25, -0.2) is 13.4 Å². The quantitative estimate of drug-likeness (QED) is 0.310. The van der Waals surface area contributed by atoms with Gasteiger partial charge in [0, 0.05) is 41.4 Å². The molecule has 3 heterocycles. The fourth-order valence-corrected chi connectivity index (χ4v) is 5.34. The number of rotatable bonds is 7. The minimum atomic E-state index is -3.44. The first kappa shape index (κ1) is 26.0. The number of hydrogen-bond acceptors (Lipinski definition) is 7. The molecule has 1 N–H and O–H groups in total. The first-order valence-corrected chi connectivity index (χ1v) is 14.1. The molecule has 5 rings (SSSR count). The van der Waals surface area contributed by atoms with E-state index in [1.165, 1.54) is 6.07 Å². The number of nitrogens with one attached hydrogen (secondary N) is 1. The summed E-state index contributed by atoms with van der Waals surface area (Å²) in [4.78, 5) is 26.3. The summed E-state index contributed by atoms with van der Waals surface area (Å²) in [6, 6.07) is 20.2. The second-order valence-corrected chi connectivity index (χ2v) is 11.1. The van der Waals surface area contributed by atoms with Crippen LogP contribution in [0.25, 0.3) is 33.3 Å². The van der Waals surface area contributed by atoms with Crippen LogP contribution >= 0.6 is 0 Å². The topological polar surface area (TPSA) is 111 Å². The molecule has 0 saturated heterocycles. The molecule has 0 fully saturated rings. The molecule has 5 aromatic rings. The molecule has 9 heteroatoms. The number of sulfone groups is 1. The molecule has 2 aromatic carbocycles. The Morgan fingerprint density at radius 1 is 0.949 bits per heavy atom. The first-order chi connectivity index (χ1) is 18.7. The van der Waals surface area contributed by atoms with E-state index in [2.05, 4.69) is 15.3 Å². The van der Waals surface area contributed by atoms with Gasteiger partial charge in [0.25, 0.3) is 5.91 Å². The maximum absolute atomic E-state index is 12.8. The normalized spacial score (nSPS) is 11.4. The highest BCUT2D eigenvalue weighted by atomic mass is 32.2. The third-order valence-corrected chi connectivity index (χ3v) is 7.64. The van der Waals surface area contributed by atoms with E-state index in [1.807, 2.05) is 48.5 Å². The predicted octanol–water partition coefficient (Wildman–Crippen LogP) is 5.01. The Balaban J connectivity index is 1.41. The molecule has 3 aromatic heterocycles. The summed E-state index contributed by atoms with van der Waals surface area (Å²) >= 11 is 0. The number of hydrogen-bond donors (Lipinski definition) is 1. The fourth-order valence-electron chi connectivity index (χ4n) is 4.35. The maximum atomic E-state index is 12.8. The third-order valence-electron chi connectivity index (χ3n) is 6.40. The van der Waals surface area contributed by atoms with Crippen LogP contribution in [0, 0.1) is 6.92 Å². The SMILES string of the molecule is COc1ccc(-c2ccncc2)cc1-c1ccc2cnc(CNC(=O)c3ccc(C)c(S(C)(=O)=O)c3)cc2n1. The number of pyridine rings is 3. The van der Waals surface area contributed by atoms with E-state index in [0.29, 0.717) is 17.0 Å². The smallest absolute Gasteiger partial charge is 0.251 e. The minimum absolute atomic E-state index is 0.138. The average Bonchev–Trinajstić information content (AvgIpc) is 2.95. The van der Waals surface area contributed by atoms with Crippen molar-refractivity contribution in [3.8, 4) is 28.1 Å². The zero-order valence-corrected chi connectivity index (χ0v) is 22.5. The molecule has 0 spiro atoms. The van der Waals surface area contributed by atoms with Crippen molar-refractivity contribution >= 4 is 26.6 Å². The molecule has 1 amide bonds. The van der Waals surface area contributed by atoms with Gasteiger partial charge in [-0.15, -0.1) is 0 Å². The Morgan fingerprint density at radius 2 is 1.74 bits per heavy atom. The number of benzene rings is 2. The van der Waals surface area contributed by atoms with Crippen LogP contribution in [-0.4, -0.2) is 42.6 Å². The van der Waals surface area contributed by atoms with Crippen molar-refractivity contribution in [2.75, 3.05) is 13.4 Å². The Hall–Kier alpha value is -4.63. The molecular formula is C30H26N4O4S. The van der Waals surface area contributed by atoms with Gasteiger partial charge in [0.1, 0.15) is 5.75 Å². The minimum Gasteiger partial charge on any atom is -0.496 e. The van der Waals surface area contributed by atoms with Gasteiger partial charge in [-0.2, -0.15) is 0 Å². The van der Waals surface area contributed by atoms with Crippen LogP contribution in [0.1, 0.15) is 21.6 Å². The van der Waals surface area contributed by atoms with Gasteiger partial charge in [0.05, 0.1) is 35.5 Å². The van der Waals surface area contributed by atoms with Crippen molar-refractivity contribution in [2.45, 2.75) is 18.4 Å². The molecule has 0 atom stereocenters. The Bertz CT molecular complexity index is 1810. The zero-order chi connectivity index (χ0) is 27.6. The summed E-state index contributed by atoms with van der Waals surface area (Å²) in [7, 11) is -1.82. The van der Waals surface area contributed by atoms with Gasteiger partial charge in [0.2, 0.25) is 0 Å². The largest absolute Gasteiger partial charge is 0.496 e. The summed E-state index contributed by atoms with van der Waals surface area (Å²) in [5.74, 6) is 0.314. The number of amides is 1. The highest BCUT2D eigenvalue weighted by molar-refractivity contribution is 7.90. The number of aryl methyl sites for hydroxylation is 1. The summed E-state index contributed by atoms with van der Waals surface area (Å²) in [5.41, 5.74) is 5.84. The summed E-state index contributed by atoms with van der Waals surface area (Å²) in [6.45, 7) is 1.85. The number of fused-ring (bicyclic) bond motifs is 1. The monoisotopic (exact) mass is 538 g/mol. The molecule has 0 bridgehead atoms. The molecule has 0 saturated carbocycles. The van der Waals surface area contributed by atoms with E-state index < -0.39 is 9.84 Å². The van der Waals surface area contributed by atoms with Gasteiger partial charge >= 0.3 is 0 Å². The first-order valence-electron chi connectivity index (χ1n) is 12.2. The molecule has 0 aliphatic rings. The van der Waals surface area contributed by atoms with Crippen LogP contribution in [0.2, 0.25) is 0 Å². The van der Waals surface area contributed by atoms with Gasteiger partial charge in [0.15, 0.2) is 9.84 Å². The van der Waals surface area contributed by atoms with Crippen molar-refractivity contribution in [1.29, 1.82) is 0 Å². The number of methoxy groups -OCH3 is 1.